The second kappa shape index (κ2) is 7.07. The maximum absolute atomic E-state index is 5.89. The van der Waals surface area contributed by atoms with Gasteiger partial charge in [-0.1, -0.05) is 19.1 Å². The van der Waals surface area contributed by atoms with Crippen molar-refractivity contribution in [2.75, 3.05) is 12.4 Å². The first-order chi connectivity index (χ1) is 10.1. The Labute approximate surface area is 126 Å². The van der Waals surface area contributed by atoms with Gasteiger partial charge in [0, 0.05) is 25.1 Å². The molecule has 0 aliphatic rings. The summed E-state index contributed by atoms with van der Waals surface area (Å²) in [6, 6.07) is 9.96. The van der Waals surface area contributed by atoms with E-state index < -0.39 is 0 Å². The first-order valence-corrected chi connectivity index (χ1v) is 7.45. The fourth-order valence-corrected chi connectivity index (χ4v) is 2.13. The van der Waals surface area contributed by atoms with E-state index in [1.807, 2.05) is 51.2 Å². The Balaban J connectivity index is 2.47. The first kappa shape index (κ1) is 15.3. The van der Waals surface area contributed by atoms with Crippen molar-refractivity contribution < 1.29 is 4.74 Å². The van der Waals surface area contributed by atoms with Crippen LogP contribution in [0.25, 0.3) is 11.3 Å². The summed E-state index contributed by atoms with van der Waals surface area (Å²) in [6.07, 6.45) is 2.03. The molecule has 1 aromatic carbocycles. The maximum atomic E-state index is 5.89. The molecule has 4 heteroatoms. The van der Waals surface area contributed by atoms with Crippen LogP contribution in [0.2, 0.25) is 0 Å². The molecule has 0 aliphatic carbocycles. The van der Waals surface area contributed by atoms with Gasteiger partial charge in [0.15, 0.2) is 0 Å². The van der Waals surface area contributed by atoms with Crippen molar-refractivity contribution in [3.05, 3.63) is 36.2 Å². The van der Waals surface area contributed by atoms with Crippen molar-refractivity contribution in [1.82, 2.24) is 9.97 Å². The lowest BCUT2D eigenvalue weighted by Crippen LogP contribution is -2.07. The topological polar surface area (TPSA) is 47.0 Å². The highest BCUT2D eigenvalue weighted by Crippen LogP contribution is 2.30. The van der Waals surface area contributed by atoms with Gasteiger partial charge in [0.05, 0.1) is 11.8 Å². The average molecular weight is 285 g/mol. The number of rotatable bonds is 6. The highest BCUT2D eigenvalue weighted by molar-refractivity contribution is 5.69. The van der Waals surface area contributed by atoms with Gasteiger partial charge in [-0.15, -0.1) is 0 Å². The SMILES string of the molecule is CCCc1nc(NC)cc(-c2ccccc2OC(C)C)n1. The summed E-state index contributed by atoms with van der Waals surface area (Å²) in [4.78, 5) is 9.17. The molecule has 0 atom stereocenters. The minimum Gasteiger partial charge on any atom is -0.490 e. The van der Waals surface area contributed by atoms with Gasteiger partial charge in [0.1, 0.15) is 17.4 Å². The van der Waals surface area contributed by atoms with Gasteiger partial charge >= 0.3 is 0 Å². The van der Waals surface area contributed by atoms with Gasteiger partial charge in [-0.05, 0) is 32.4 Å². The summed E-state index contributed by atoms with van der Waals surface area (Å²) in [7, 11) is 1.87. The van der Waals surface area contributed by atoms with Crippen molar-refractivity contribution in [3.63, 3.8) is 0 Å². The van der Waals surface area contributed by atoms with E-state index in [0.717, 1.165) is 41.5 Å². The van der Waals surface area contributed by atoms with Crippen LogP contribution in [0.1, 0.15) is 33.0 Å². The Morgan fingerprint density at radius 1 is 1.19 bits per heavy atom. The number of para-hydroxylation sites is 1. The van der Waals surface area contributed by atoms with E-state index in [1.54, 1.807) is 0 Å². The highest BCUT2D eigenvalue weighted by atomic mass is 16.5. The number of aromatic nitrogens is 2. The lowest BCUT2D eigenvalue weighted by Gasteiger charge is -2.15. The number of nitrogens with zero attached hydrogens (tertiary/aromatic N) is 2. The smallest absolute Gasteiger partial charge is 0.131 e. The average Bonchev–Trinajstić information content (AvgIpc) is 2.47. The summed E-state index contributed by atoms with van der Waals surface area (Å²) < 4.78 is 5.89. The van der Waals surface area contributed by atoms with Crippen molar-refractivity contribution in [3.8, 4) is 17.0 Å². The summed E-state index contributed by atoms with van der Waals surface area (Å²) in [5.74, 6) is 2.55. The molecule has 1 heterocycles. The van der Waals surface area contributed by atoms with E-state index in [1.165, 1.54) is 0 Å². The quantitative estimate of drug-likeness (QED) is 0.873. The molecule has 112 valence electrons. The Morgan fingerprint density at radius 2 is 1.95 bits per heavy atom. The molecule has 0 unspecified atom stereocenters. The third kappa shape index (κ3) is 3.94. The lowest BCUT2D eigenvalue weighted by atomic mass is 10.1. The molecule has 0 amide bonds. The maximum Gasteiger partial charge on any atom is 0.131 e. The van der Waals surface area contributed by atoms with E-state index in [-0.39, 0.29) is 6.10 Å². The molecule has 0 saturated heterocycles. The van der Waals surface area contributed by atoms with Crippen LogP contribution in [0.4, 0.5) is 5.82 Å². The first-order valence-electron chi connectivity index (χ1n) is 7.45. The largest absolute Gasteiger partial charge is 0.490 e. The Kier molecular flexibility index (Phi) is 5.14. The predicted octanol–water partition coefficient (Wildman–Crippen LogP) is 3.93. The second-order valence-electron chi connectivity index (χ2n) is 5.22. The van der Waals surface area contributed by atoms with E-state index in [2.05, 4.69) is 22.2 Å². The van der Waals surface area contributed by atoms with Crippen molar-refractivity contribution in [2.45, 2.75) is 39.7 Å². The second-order valence-corrected chi connectivity index (χ2v) is 5.22. The molecule has 1 N–H and O–H groups in total. The number of hydrogen-bond acceptors (Lipinski definition) is 4. The summed E-state index contributed by atoms with van der Waals surface area (Å²) in [6.45, 7) is 6.18. The van der Waals surface area contributed by atoms with E-state index in [9.17, 15) is 0 Å². The fraction of sp³-hybridized carbons (Fsp3) is 0.412. The van der Waals surface area contributed by atoms with E-state index >= 15 is 0 Å². The fourth-order valence-electron chi connectivity index (χ4n) is 2.13. The summed E-state index contributed by atoms with van der Waals surface area (Å²) in [5.41, 5.74) is 1.90. The molecule has 2 aromatic rings. The zero-order valence-corrected chi connectivity index (χ0v) is 13.2. The third-order valence-corrected chi connectivity index (χ3v) is 3.03. The van der Waals surface area contributed by atoms with Gasteiger partial charge in [-0.3, -0.25) is 0 Å². The van der Waals surface area contributed by atoms with Crippen LogP contribution in [0.15, 0.2) is 30.3 Å². The number of aryl methyl sites for hydroxylation is 1. The molecular formula is C17H23N3O. The normalized spacial score (nSPS) is 10.7. The van der Waals surface area contributed by atoms with Crippen molar-refractivity contribution >= 4 is 5.82 Å². The number of nitrogens with one attached hydrogen (secondary N) is 1. The molecule has 0 spiro atoms. The number of anilines is 1. The molecule has 0 aliphatic heterocycles. The monoisotopic (exact) mass is 285 g/mol. The van der Waals surface area contributed by atoms with Crippen LogP contribution in [-0.2, 0) is 6.42 Å². The van der Waals surface area contributed by atoms with Crippen LogP contribution in [-0.4, -0.2) is 23.1 Å². The summed E-state index contributed by atoms with van der Waals surface area (Å²) in [5, 5.41) is 3.10. The Hall–Kier alpha value is -2.10. The van der Waals surface area contributed by atoms with E-state index in [4.69, 9.17) is 4.74 Å². The van der Waals surface area contributed by atoms with E-state index in [0.29, 0.717) is 0 Å². The van der Waals surface area contributed by atoms with Crippen molar-refractivity contribution in [1.29, 1.82) is 0 Å². The molecule has 0 saturated carbocycles. The molecule has 0 bridgehead atoms. The van der Waals surface area contributed by atoms with Crippen LogP contribution in [0.3, 0.4) is 0 Å². The standard InChI is InChI=1S/C17H23N3O/c1-5-8-16-19-14(11-17(18-4)20-16)13-9-6-7-10-15(13)21-12(2)3/h6-7,9-12H,5,8H2,1-4H3,(H,18,19,20). The van der Waals surface area contributed by atoms with Crippen molar-refractivity contribution in [2.24, 2.45) is 0 Å². The highest BCUT2D eigenvalue weighted by Gasteiger charge is 2.11. The zero-order valence-electron chi connectivity index (χ0n) is 13.2. The number of benzene rings is 1. The van der Waals surface area contributed by atoms with Gasteiger partial charge in [-0.25, -0.2) is 9.97 Å². The Morgan fingerprint density at radius 3 is 2.62 bits per heavy atom. The van der Waals surface area contributed by atoms with Gasteiger partial charge < -0.3 is 10.1 Å². The molecular weight excluding hydrogens is 262 g/mol. The lowest BCUT2D eigenvalue weighted by molar-refractivity contribution is 0.243. The van der Waals surface area contributed by atoms with Gasteiger partial charge in [0.2, 0.25) is 0 Å². The number of hydrogen-bond donors (Lipinski definition) is 1. The van der Waals surface area contributed by atoms with Gasteiger partial charge in [-0.2, -0.15) is 0 Å². The zero-order chi connectivity index (χ0) is 15.2. The van der Waals surface area contributed by atoms with Crippen LogP contribution >= 0.6 is 0 Å². The minimum absolute atomic E-state index is 0.131. The third-order valence-electron chi connectivity index (χ3n) is 3.03. The predicted molar refractivity (Wildman–Crippen MR) is 86.8 cm³/mol. The summed E-state index contributed by atoms with van der Waals surface area (Å²) >= 11 is 0. The number of ether oxygens (including phenoxy) is 1. The Bertz CT molecular complexity index is 596. The molecule has 2 rings (SSSR count). The van der Waals surface area contributed by atoms with Crippen LogP contribution in [0, 0.1) is 0 Å². The van der Waals surface area contributed by atoms with Crippen LogP contribution < -0.4 is 10.1 Å². The van der Waals surface area contributed by atoms with Crippen LogP contribution in [0.5, 0.6) is 5.75 Å². The van der Waals surface area contributed by atoms with Gasteiger partial charge in [0.25, 0.3) is 0 Å². The molecule has 0 fully saturated rings. The molecule has 4 nitrogen and oxygen atoms in total. The molecule has 0 radical (unpaired) electrons. The molecule has 1 aromatic heterocycles. The minimum atomic E-state index is 0.131. The molecule has 21 heavy (non-hydrogen) atoms.